The zero-order valence-corrected chi connectivity index (χ0v) is 11.3. The molecule has 0 spiro atoms. The first-order chi connectivity index (χ1) is 7.95. The van der Waals surface area contributed by atoms with Crippen LogP contribution in [0, 0.1) is 23.1 Å². The molecule has 0 fully saturated rings. The highest BCUT2D eigenvalue weighted by Crippen LogP contribution is 2.18. The number of alkyl halides is 1. The van der Waals surface area contributed by atoms with Crippen LogP contribution >= 0.6 is 15.9 Å². The third-order valence-corrected chi connectivity index (χ3v) is 3.23. The highest BCUT2D eigenvalue weighted by Gasteiger charge is 2.19. The number of nitriles is 1. The van der Waals surface area contributed by atoms with Gasteiger partial charge in [0.1, 0.15) is 11.6 Å². The van der Waals surface area contributed by atoms with Gasteiger partial charge in [-0.05, 0) is 24.1 Å². The van der Waals surface area contributed by atoms with Crippen LogP contribution in [0.5, 0.6) is 0 Å². The van der Waals surface area contributed by atoms with Crippen LogP contribution in [-0.4, -0.2) is 10.6 Å². The molecule has 4 heteroatoms. The lowest BCUT2D eigenvalue weighted by molar-refractivity contribution is -0.121. The van der Waals surface area contributed by atoms with Gasteiger partial charge in [0.2, 0.25) is 0 Å². The van der Waals surface area contributed by atoms with Crippen molar-refractivity contribution in [1.82, 2.24) is 0 Å². The summed E-state index contributed by atoms with van der Waals surface area (Å²) >= 11 is 3.27. The van der Waals surface area contributed by atoms with E-state index in [1.54, 1.807) is 12.1 Å². The van der Waals surface area contributed by atoms with E-state index in [2.05, 4.69) is 15.9 Å². The molecule has 2 nitrogen and oxygen atoms in total. The lowest BCUT2D eigenvalue weighted by atomic mass is 10.00. The lowest BCUT2D eigenvalue weighted by Gasteiger charge is -2.12. The number of carbonyl (C=O) groups is 1. The molecule has 0 aliphatic carbocycles. The number of carbonyl (C=O) groups excluding carboxylic acids is 1. The predicted molar refractivity (Wildman–Crippen MR) is 67.4 cm³/mol. The Labute approximate surface area is 109 Å². The lowest BCUT2D eigenvalue weighted by Crippen LogP contribution is -2.22. The molecule has 0 N–H and O–H groups in total. The molecule has 1 rings (SSSR count). The van der Waals surface area contributed by atoms with Crippen LogP contribution in [0.2, 0.25) is 0 Å². The fourth-order valence-corrected chi connectivity index (χ4v) is 2.32. The summed E-state index contributed by atoms with van der Waals surface area (Å²) < 4.78 is 13.6. The maximum atomic E-state index is 13.6. The van der Waals surface area contributed by atoms with Crippen LogP contribution in [-0.2, 0) is 11.2 Å². The molecule has 1 aromatic carbocycles. The third-order valence-electron chi connectivity index (χ3n) is 2.46. The maximum Gasteiger partial charge on any atom is 0.149 e. The Bertz CT molecular complexity index is 465. The average Bonchev–Trinajstić information content (AvgIpc) is 2.30. The van der Waals surface area contributed by atoms with Crippen molar-refractivity contribution in [3.8, 4) is 6.07 Å². The number of rotatable bonds is 4. The second-order valence-electron chi connectivity index (χ2n) is 4.15. The molecule has 0 aliphatic heterocycles. The van der Waals surface area contributed by atoms with Gasteiger partial charge in [-0.25, -0.2) is 4.39 Å². The van der Waals surface area contributed by atoms with Crippen molar-refractivity contribution in [2.45, 2.75) is 25.1 Å². The topological polar surface area (TPSA) is 40.9 Å². The molecule has 0 heterocycles. The molecule has 1 atom stereocenters. The SMILES string of the molecule is CC(C)C(=O)C(Br)Cc1ccc(C#N)cc1F. The molecule has 0 aliphatic rings. The Morgan fingerprint density at radius 1 is 1.53 bits per heavy atom. The zero-order valence-electron chi connectivity index (χ0n) is 9.71. The second kappa shape index (κ2) is 5.92. The number of nitrogens with zero attached hydrogens (tertiary/aromatic N) is 1. The second-order valence-corrected chi connectivity index (χ2v) is 5.25. The molecule has 1 aromatic rings. The van der Waals surface area contributed by atoms with Crippen LogP contribution in [0.25, 0.3) is 0 Å². The summed E-state index contributed by atoms with van der Waals surface area (Å²) in [4.78, 5) is 11.3. The van der Waals surface area contributed by atoms with Gasteiger partial charge in [-0.3, -0.25) is 4.79 Å². The van der Waals surface area contributed by atoms with E-state index in [9.17, 15) is 9.18 Å². The van der Waals surface area contributed by atoms with Crippen LogP contribution in [0.15, 0.2) is 18.2 Å². The van der Waals surface area contributed by atoms with Crippen LogP contribution < -0.4 is 0 Å². The van der Waals surface area contributed by atoms with E-state index in [0.717, 1.165) is 0 Å². The summed E-state index contributed by atoms with van der Waals surface area (Å²) in [6.45, 7) is 3.62. The van der Waals surface area contributed by atoms with Crippen molar-refractivity contribution in [3.05, 3.63) is 35.1 Å². The van der Waals surface area contributed by atoms with Gasteiger partial charge in [0, 0.05) is 5.92 Å². The van der Waals surface area contributed by atoms with Crippen molar-refractivity contribution in [2.75, 3.05) is 0 Å². The Hall–Kier alpha value is -1.21. The van der Waals surface area contributed by atoms with E-state index >= 15 is 0 Å². The van der Waals surface area contributed by atoms with Crippen molar-refractivity contribution >= 4 is 21.7 Å². The molecule has 17 heavy (non-hydrogen) atoms. The highest BCUT2D eigenvalue weighted by atomic mass is 79.9. The summed E-state index contributed by atoms with van der Waals surface area (Å²) in [6, 6.07) is 6.16. The minimum atomic E-state index is -0.440. The van der Waals surface area contributed by atoms with E-state index < -0.39 is 5.82 Å². The van der Waals surface area contributed by atoms with Crippen molar-refractivity contribution in [1.29, 1.82) is 5.26 Å². The average molecular weight is 298 g/mol. The molecule has 0 saturated heterocycles. The van der Waals surface area contributed by atoms with E-state index in [1.165, 1.54) is 6.07 Å². The summed E-state index contributed by atoms with van der Waals surface area (Å²) in [6.07, 6.45) is 0.300. The van der Waals surface area contributed by atoms with Gasteiger partial charge < -0.3 is 0 Å². The van der Waals surface area contributed by atoms with Gasteiger partial charge >= 0.3 is 0 Å². The molecule has 0 bridgehead atoms. The Kier molecular flexibility index (Phi) is 4.83. The first-order valence-electron chi connectivity index (χ1n) is 5.32. The van der Waals surface area contributed by atoms with Gasteiger partial charge in [-0.1, -0.05) is 35.8 Å². The largest absolute Gasteiger partial charge is 0.298 e. The summed E-state index contributed by atoms with van der Waals surface area (Å²) in [5.74, 6) is -0.473. The number of benzene rings is 1. The van der Waals surface area contributed by atoms with Crippen LogP contribution in [0.1, 0.15) is 25.0 Å². The zero-order chi connectivity index (χ0) is 13.0. The smallest absolute Gasteiger partial charge is 0.149 e. The fraction of sp³-hybridized carbons (Fsp3) is 0.385. The predicted octanol–water partition coefficient (Wildman–Crippen LogP) is 3.23. The highest BCUT2D eigenvalue weighted by molar-refractivity contribution is 9.10. The van der Waals surface area contributed by atoms with Crippen molar-refractivity contribution in [2.24, 2.45) is 5.92 Å². The standard InChI is InChI=1S/C13H13BrFNO/c1-8(2)13(17)11(14)6-10-4-3-9(7-16)5-12(10)15/h3-5,8,11H,6H2,1-2H3. The molecule has 90 valence electrons. The van der Waals surface area contributed by atoms with Gasteiger partial charge in [0.15, 0.2) is 0 Å². The van der Waals surface area contributed by atoms with E-state index in [4.69, 9.17) is 5.26 Å². The van der Waals surface area contributed by atoms with Crippen molar-refractivity contribution < 1.29 is 9.18 Å². The maximum absolute atomic E-state index is 13.6. The Morgan fingerprint density at radius 3 is 2.65 bits per heavy atom. The van der Waals surface area contributed by atoms with Gasteiger partial charge in [-0.2, -0.15) is 5.26 Å². The molecule has 0 saturated carbocycles. The molecule has 0 radical (unpaired) electrons. The number of hydrogen-bond donors (Lipinski definition) is 0. The minimum absolute atomic E-state index is 0.0498. The Balaban J connectivity index is 2.83. The monoisotopic (exact) mass is 297 g/mol. The Morgan fingerprint density at radius 2 is 2.18 bits per heavy atom. The summed E-state index contributed by atoms with van der Waals surface area (Å²) in [5.41, 5.74) is 0.729. The molecular weight excluding hydrogens is 285 g/mol. The number of Topliss-reactive ketones (excluding diaryl/α,β-unsaturated/α-hetero) is 1. The summed E-state index contributed by atoms with van der Waals surface area (Å²) in [5, 5.41) is 8.62. The minimum Gasteiger partial charge on any atom is -0.298 e. The van der Waals surface area contributed by atoms with Crippen LogP contribution in [0.4, 0.5) is 4.39 Å². The quantitative estimate of drug-likeness (QED) is 0.801. The molecular formula is C13H13BrFNO. The van der Waals surface area contributed by atoms with E-state index in [-0.39, 0.29) is 22.1 Å². The first-order valence-corrected chi connectivity index (χ1v) is 6.23. The van der Waals surface area contributed by atoms with Gasteiger partial charge in [-0.15, -0.1) is 0 Å². The molecule has 1 unspecified atom stereocenters. The number of hydrogen-bond acceptors (Lipinski definition) is 2. The third kappa shape index (κ3) is 3.64. The van der Waals surface area contributed by atoms with Gasteiger partial charge in [0.25, 0.3) is 0 Å². The van der Waals surface area contributed by atoms with Crippen LogP contribution in [0.3, 0.4) is 0 Å². The molecule has 0 amide bonds. The fourth-order valence-electron chi connectivity index (χ4n) is 1.44. The number of halogens is 2. The number of ketones is 1. The normalized spacial score (nSPS) is 12.2. The summed E-state index contributed by atoms with van der Waals surface area (Å²) in [7, 11) is 0. The van der Waals surface area contributed by atoms with Crippen molar-refractivity contribution in [3.63, 3.8) is 0 Å². The van der Waals surface area contributed by atoms with E-state index in [0.29, 0.717) is 12.0 Å². The van der Waals surface area contributed by atoms with Gasteiger partial charge in [0.05, 0.1) is 16.5 Å². The molecule has 0 aromatic heterocycles. The first kappa shape index (κ1) is 13.9. The van der Waals surface area contributed by atoms with E-state index in [1.807, 2.05) is 19.9 Å².